The molecule has 0 saturated heterocycles. The second kappa shape index (κ2) is 7.36. The van der Waals surface area contributed by atoms with E-state index in [2.05, 4.69) is 52.9 Å². The topological polar surface area (TPSA) is 53.6 Å². The molecule has 4 heteroatoms. The first kappa shape index (κ1) is 16.9. The molecule has 1 aromatic heterocycles. The minimum absolute atomic E-state index is 0.380. The molecule has 0 bridgehead atoms. The molecular weight excluding hydrogens is 323 g/mol. The number of hydrogen-bond acceptors (Lipinski definition) is 3. The Morgan fingerprint density at radius 3 is 2.35 bits per heavy atom. The lowest BCUT2D eigenvalue weighted by Gasteiger charge is -2.18. The van der Waals surface area contributed by atoms with Gasteiger partial charge in [-0.05, 0) is 64.4 Å². The smallest absolute Gasteiger partial charge is 0.473 e. The van der Waals surface area contributed by atoms with E-state index in [0.717, 1.165) is 0 Å². The molecule has 1 aliphatic rings. The van der Waals surface area contributed by atoms with Crippen molar-refractivity contribution in [3.8, 4) is 0 Å². The molecule has 2 N–H and O–H groups in total. The van der Waals surface area contributed by atoms with Crippen LogP contribution in [0.3, 0.4) is 0 Å². The predicted molar refractivity (Wildman–Crippen MR) is 107 cm³/mol. The average Bonchev–Trinajstić information content (AvgIpc) is 3.23. The van der Waals surface area contributed by atoms with E-state index < -0.39 is 7.12 Å². The third kappa shape index (κ3) is 3.26. The van der Waals surface area contributed by atoms with Crippen molar-refractivity contribution in [1.82, 2.24) is 0 Å². The number of fused-ring (bicyclic) bond motifs is 5. The Morgan fingerprint density at radius 2 is 1.58 bits per heavy atom. The molecule has 0 spiro atoms. The standard InChI is InChI=1S/C18H16.C4H5BO3/c1-3-7-15-13(5-1)9-11-18-16-8-4-2-6-14(16)10-12-17(15)18;6-5(7)4-1-2-8-3-4/h1,3,5,7,9-12H,2,4,6,8H2;1-3,6-7H. The summed E-state index contributed by atoms with van der Waals surface area (Å²) in [6.07, 6.45) is 7.88. The molecule has 4 aromatic rings. The third-order valence-corrected chi connectivity index (χ3v) is 5.10. The van der Waals surface area contributed by atoms with Crippen molar-refractivity contribution < 1.29 is 14.5 Å². The molecule has 1 heterocycles. The minimum Gasteiger partial charge on any atom is -0.473 e. The normalized spacial score (nSPS) is 13.2. The Hall–Kier alpha value is -2.56. The highest BCUT2D eigenvalue weighted by atomic mass is 16.4. The Labute approximate surface area is 153 Å². The molecule has 130 valence electrons. The summed E-state index contributed by atoms with van der Waals surface area (Å²) in [6.45, 7) is 0. The molecule has 3 aromatic carbocycles. The molecule has 3 nitrogen and oxygen atoms in total. The lowest BCUT2D eigenvalue weighted by Crippen LogP contribution is -2.27. The predicted octanol–water partition coefficient (Wildman–Crippen LogP) is 3.83. The van der Waals surface area contributed by atoms with E-state index in [9.17, 15) is 0 Å². The first-order valence-electron chi connectivity index (χ1n) is 9.04. The van der Waals surface area contributed by atoms with Crippen molar-refractivity contribution in [2.75, 3.05) is 0 Å². The highest BCUT2D eigenvalue weighted by Gasteiger charge is 2.13. The molecule has 0 unspecified atom stereocenters. The van der Waals surface area contributed by atoms with Crippen molar-refractivity contribution in [3.05, 3.63) is 78.3 Å². The van der Waals surface area contributed by atoms with Crippen LogP contribution in [0.25, 0.3) is 21.5 Å². The zero-order valence-corrected chi connectivity index (χ0v) is 14.6. The fourth-order valence-corrected chi connectivity index (χ4v) is 3.76. The van der Waals surface area contributed by atoms with Gasteiger partial charge in [-0.1, -0.05) is 48.5 Å². The van der Waals surface area contributed by atoms with Gasteiger partial charge in [-0.25, -0.2) is 0 Å². The number of hydrogen-bond donors (Lipinski definition) is 2. The highest BCUT2D eigenvalue weighted by Crippen LogP contribution is 2.33. The summed E-state index contributed by atoms with van der Waals surface area (Å²) in [5.74, 6) is 0. The molecule has 0 fully saturated rings. The number of benzene rings is 3. The van der Waals surface area contributed by atoms with E-state index in [1.807, 2.05) is 0 Å². The maximum absolute atomic E-state index is 8.41. The van der Waals surface area contributed by atoms with Crippen molar-refractivity contribution >= 4 is 34.1 Å². The molecule has 0 atom stereocenters. The van der Waals surface area contributed by atoms with Crippen LogP contribution in [-0.2, 0) is 12.8 Å². The summed E-state index contributed by atoms with van der Waals surface area (Å²) < 4.78 is 4.56. The number of furan rings is 1. The van der Waals surface area contributed by atoms with Gasteiger partial charge in [-0.3, -0.25) is 0 Å². The lowest BCUT2D eigenvalue weighted by atomic mass is 9.83. The van der Waals surface area contributed by atoms with E-state index in [1.165, 1.54) is 65.8 Å². The maximum Gasteiger partial charge on any atom is 0.491 e. The summed E-state index contributed by atoms with van der Waals surface area (Å²) >= 11 is 0. The fourth-order valence-electron chi connectivity index (χ4n) is 3.76. The summed E-state index contributed by atoms with van der Waals surface area (Å²) in [4.78, 5) is 0. The van der Waals surface area contributed by atoms with Crippen molar-refractivity contribution in [1.29, 1.82) is 0 Å². The van der Waals surface area contributed by atoms with Crippen molar-refractivity contribution in [3.63, 3.8) is 0 Å². The van der Waals surface area contributed by atoms with E-state index in [1.54, 1.807) is 11.1 Å². The average molecular weight is 344 g/mol. The lowest BCUT2D eigenvalue weighted by molar-refractivity contribution is 0.425. The Bertz CT molecular complexity index is 1020. The zero-order chi connectivity index (χ0) is 17.9. The largest absolute Gasteiger partial charge is 0.491 e. The van der Waals surface area contributed by atoms with E-state index in [-0.39, 0.29) is 0 Å². The fraction of sp³-hybridized carbons (Fsp3) is 0.182. The minimum atomic E-state index is -1.41. The second-order valence-electron chi connectivity index (χ2n) is 6.72. The van der Waals surface area contributed by atoms with Crippen LogP contribution in [-0.4, -0.2) is 17.2 Å². The highest BCUT2D eigenvalue weighted by molar-refractivity contribution is 6.58. The molecule has 26 heavy (non-hydrogen) atoms. The monoisotopic (exact) mass is 344 g/mol. The Kier molecular flexibility index (Phi) is 4.78. The van der Waals surface area contributed by atoms with Gasteiger partial charge in [0.15, 0.2) is 0 Å². The third-order valence-electron chi connectivity index (χ3n) is 5.10. The molecule has 5 rings (SSSR count). The number of rotatable bonds is 1. The summed E-state index contributed by atoms with van der Waals surface area (Å²) in [5.41, 5.74) is 3.55. The van der Waals surface area contributed by atoms with Gasteiger partial charge in [0.25, 0.3) is 0 Å². The van der Waals surface area contributed by atoms with Crippen LogP contribution in [0.1, 0.15) is 24.0 Å². The SMILES string of the molecule is OB(O)c1ccoc1.c1ccc2c(c1)ccc1c3c(ccc12)CCCC3. The van der Waals surface area contributed by atoms with Gasteiger partial charge < -0.3 is 14.5 Å². The Morgan fingerprint density at radius 1 is 0.769 bits per heavy atom. The van der Waals surface area contributed by atoms with Crippen LogP contribution in [0.5, 0.6) is 0 Å². The van der Waals surface area contributed by atoms with E-state index >= 15 is 0 Å². The van der Waals surface area contributed by atoms with Crippen LogP contribution < -0.4 is 5.46 Å². The summed E-state index contributed by atoms with van der Waals surface area (Å²) in [5, 5.41) is 22.5. The quantitative estimate of drug-likeness (QED) is 0.408. The van der Waals surface area contributed by atoms with Gasteiger partial charge >= 0.3 is 7.12 Å². The van der Waals surface area contributed by atoms with E-state index in [0.29, 0.717) is 5.46 Å². The zero-order valence-electron chi connectivity index (χ0n) is 14.6. The van der Waals surface area contributed by atoms with Gasteiger partial charge in [0.1, 0.15) is 0 Å². The van der Waals surface area contributed by atoms with Gasteiger partial charge in [0.2, 0.25) is 0 Å². The number of aryl methyl sites for hydroxylation is 2. The van der Waals surface area contributed by atoms with Gasteiger partial charge in [-0.15, -0.1) is 0 Å². The van der Waals surface area contributed by atoms with Gasteiger partial charge in [-0.2, -0.15) is 0 Å². The first-order chi connectivity index (χ1) is 12.7. The molecule has 0 amide bonds. The van der Waals surface area contributed by atoms with Gasteiger partial charge in [0.05, 0.1) is 12.5 Å². The summed E-state index contributed by atoms with van der Waals surface area (Å²) in [7, 11) is -1.41. The molecular formula is C22H21BO3. The first-order valence-corrected chi connectivity index (χ1v) is 9.04. The molecule has 0 radical (unpaired) electrons. The van der Waals surface area contributed by atoms with Crippen molar-refractivity contribution in [2.24, 2.45) is 0 Å². The Balaban J connectivity index is 0.000000178. The second-order valence-corrected chi connectivity index (χ2v) is 6.72. The van der Waals surface area contributed by atoms with Crippen LogP contribution in [0.4, 0.5) is 0 Å². The van der Waals surface area contributed by atoms with Crippen LogP contribution in [0.2, 0.25) is 0 Å². The maximum atomic E-state index is 8.41. The molecule has 1 aliphatic carbocycles. The van der Waals surface area contributed by atoms with Gasteiger partial charge in [0, 0.05) is 5.46 Å². The van der Waals surface area contributed by atoms with E-state index in [4.69, 9.17) is 10.0 Å². The van der Waals surface area contributed by atoms with Crippen LogP contribution in [0, 0.1) is 0 Å². The van der Waals surface area contributed by atoms with Crippen LogP contribution in [0.15, 0.2) is 71.5 Å². The van der Waals surface area contributed by atoms with Crippen molar-refractivity contribution in [2.45, 2.75) is 25.7 Å². The molecule has 0 saturated carbocycles. The molecule has 0 aliphatic heterocycles. The van der Waals surface area contributed by atoms with Crippen LogP contribution >= 0.6 is 0 Å². The summed E-state index contributed by atoms with van der Waals surface area (Å²) in [6, 6.07) is 19.5.